The van der Waals surface area contributed by atoms with Crippen LogP contribution >= 0.6 is 0 Å². The van der Waals surface area contributed by atoms with Gasteiger partial charge in [0, 0.05) is 36.8 Å². The van der Waals surface area contributed by atoms with Crippen LogP contribution in [-0.2, 0) is 9.53 Å². The van der Waals surface area contributed by atoms with Crippen LogP contribution in [0.2, 0.25) is 0 Å². The van der Waals surface area contributed by atoms with E-state index < -0.39 is 35.3 Å². The highest BCUT2D eigenvalue weighted by Crippen LogP contribution is 2.41. The predicted octanol–water partition coefficient (Wildman–Crippen LogP) is 8.98. The van der Waals surface area contributed by atoms with Gasteiger partial charge in [-0.15, -0.1) is 0 Å². The van der Waals surface area contributed by atoms with Gasteiger partial charge >= 0.3 is 12.3 Å². The summed E-state index contributed by atoms with van der Waals surface area (Å²) in [6, 6.07) is -0.294. The Kier molecular flexibility index (Phi) is 14.7. The van der Waals surface area contributed by atoms with Crippen LogP contribution in [0.4, 0.5) is 18.0 Å². The van der Waals surface area contributed by atoms with Crippen molar-refractivity contribution < 1.29 is 27.5 Å². The minimum atomic E-state index is -4.66. The number of rotatable bonds is 13. The van der Waals surface area contributed by atoms with Crippen LogP contribution in [0, 0.1) is 23.7 Å². The van der Waals surface area contributed by atoms with Crippen LogP contribution in [0.3, 0.4) is 0 Å². The molecule has 3 unspecified atom stereocenters. The number of hydrogen-bond acceptors (Lipinski definition) is 4. The molecule has 1 rings (SSSR count). The van der Waals surface area contributed by atoms with Crippen LogP contribution in [0.1, 0.15) is 101 Å². The maximum Gasteiger partial charge on any atom is 0.416 e. The Morgan fingerprint density at radius 3 is 2.14 bits per heavy atom. The van der Waals surface area contributed by atoms with Crippen molar-refractivity contribution in [2.24, 2.45) is 34.4 Å². The number of ether oxygens (including phenoxy) is 1. The second-order valence-electron chi connectivity index (χ2n) is 13.9. The fourth-order valence-corrected chi connectivity index (χ4v) is 5.82. The molecule has 0 aliphatic heterocycles. The molecule has 0 saturated heterocycles. The lowest BCUT2D eigenvalue weighted by atomic mass is 9.74. The van der Waals surface area contributed by atoms with E-state index in [1.807, 2.05) is 41.5 Å². The first-order valence-electron chi connectivity index (χ1n) is 15.7. The number of amides is 2. The van der Waals surface area contributed by atoms with E-state index in [1.165, 1.54) is 13.1 Å². The molecule has 4 atom stereocenters. The molecule has 1 fully saturated rings. The quantitative estimate of drug-likeness (QED) is 0.126. The van der Waals surface area contributed by atoms with Gasteiger partial charge in [-0.3, -0.25) is 9.79 Å². The number of halogens is 3. The van der Waals surface area contributed by atoms with Crippen molar-refractivity contribution in [2.75, 3.05) is 13.6 Å². The molecule has 1 aliphatic carbocycles. The summed E-state index contributed by atoms with van der Waals surface area (Å²) < 4.78 is 50.3. The molecule has 1 saturated carbocycles. The largest absolute Gasteiger partial charge is 0.444 e. The summed E-state index contributed by atoms with van der Waals surface area (Å²) in [7, 11) is 1.48. The number of hydrogen-bond donors (Lipinski definition) is 1. The standard InChI is InChI=1S/C35H56F3N3O3/c1-21(2)20-41(33(43)44-34(9,10)11)25(7)16-23(5)17-29(22(3)4)31(26(8)40-12)30(35(36,37)38)18-24(6)27-14-13-15-28(19-27)32(39)42/h18,21,24-25,27-28H,3,5,13-17,19-20H2,1-2,4,6-12H3,(H2,39,42)/b30-18+,31-29+,40-26-/t24?,25-,27?,28?/m1/s1. The van der Waals surface area contributed by atoms with Gasteiger partial charge in [-0.2, -0.15) is 13.2 Å². The van der Waals surface area contributed by atoms with Crippen molar-refractivity contribution >= 4 is 17.7 Å². The maximum atomic E-state index is 14.9. The molecule has 0 bridgehead atoms. The van der Waals surface area contributed by atoms with Gasteiger partial charge in [-0.1, -0.05) is 57.6 Å². The second-order valence-corrected chi connectivity index (χ2v) is 13.9. The monoisotopic (exact) mass is 623 g/mol. The smallest absolute Gasteiger partial charge is 0.416 e. The molecule has 0 heterocycles. The van der Waals surface area contributed by atoms with Crippen LogP contribution in [0.25, 0.3) is 0 Å². The lowest BCUT2D eigenvalue weighted by molar-refractivity contribution is -0.123. The number of allylic oxidation sites excluding steroid dienone is 5. The van der Waals surface area contributed by atoms with E-state index in [-0.39, 0.29) is 41.5 Å². The zero-order chi connectivity index (χ0) is 34.2. The van der Waals surface area contributed by atoms with Gasteiger partial charge in [0.25, 0.3) is 0 Å². The summed E-state index contributed by atoms with van der Waals surface area (Å²) in [6.45, 7) is 25.1. The third-order valence-corrected chi connectivity index (χ3v) is 8.11. The van der Waals surface area contributed by atoms with Crippen LogP contribution in [0.5, 0.6) is 0 Å². The summed E-state index contributed by atoms with van der Waals surface area (Å²) in [4.78, 5) is 30.7. The third kappa shape index (κ3) is 12.3. The van der Waals surface area contributed by atoms with E-state index in [4.69, 9.17) is 10.5 Å². The molecule has 0 aromatic heterocycles. The van der Waals surface area contributed by atoms with Gasteiger partial charge in [-0.25, -0.2) is 4.79 Å². The lowest BCUT2D eigenvalue weighted by Gasteiger charge is -2.33. The molecule has 44 heavy (non-hydrogen) atoms. The Labute approximate surface area is 263 Å². The van der Waals surface area contributed by atoms with E-state index >= 15 is 0 Å². The van der Waals surface area contributed by atoms with E-state index in [9.17, 15) is 22.8 Å². The summed E-state index contributed by atoms with van der Waals surface area (Å²) in [6.07, 6.45) is -0.659. The Bertz CT molecular complexity index is 1140. The maximum absolute atomic E-state index is 14.9. The average Bonchev–Trinajstić information content (AvgIpc) is 2.88. The van der Waals surface area contributed by atoms with E-state index in [1.54, 1.807) is 25.7 Å². The second kappa shape index (κ2) is 16.5. The van der Waals surface area contributed by atoms with Crippen LogP contribution < -0.4 is 5.73 Å². The van der Waals surface area contributed by atoms with Crippen molar-refractivity contribution in [1.29, 1.82) is 0 Å². The van der Waals surface area contributed by atoms with Gasteiger partial charge in [0.2, 0.25) is 5.91 Å². The minimum Gasteiger partial charge on any atom is -0.444 e. The molecule has 9 heteroatoms. The van der Waals surface area contributed by atoms with Crippen molar-refractivity contribution in [3.63, 3.8) is 0 Å². The molecule has 0 radical (unpaired) electrons. The molecular weight excluding hydrogens is 567 g/mol. The number of aliphatic imine (C=N–C) groups is 1. The predicted molar refractivity (Wildman–Crippen MR) is 174 cm³/mol. The number of carbonyl (C=O) groups is 2. The normalized spacial score (nSPS) is 20.5. The number of nitrogens with two attached hydrogens (primary N) is 1. The SMILES string of the molecule is C=C(C/C(C(=C)C)=C(C(/C)=N\C)\C(=C/C(C)C1CCCC(C(N)=O)C1)C(F)(F)F)C[C@@H](C)N(CC(C)C)C(=O)OC(C)(C)C. The molecule has 0 spiro atoms. The third-order valence-electron chi connectivity index (χ3n) is 8.11. The first-order chi connectivity index (χ1) is 20.1. The summed E-state index contributed by atoms with van der Waals surface area (Å²) in [5, 5.41) is 0. The Morgan fingerprint density at radius 2 is 1.68 bits per heavy atom. The first-order valence-corrected chi connectivity index (χ1v) is 15.7. The minimum absolute atomic E-state index is 0.00147. The van der Waals surface area contributed by atoms with Crippen molar-refractivity contribution in [3.8, 4) is 0 Å². The highest BCUT2D eigenvalue weighted by Gasteiger charge is 2.40. The van der Waals surface area contributed by atoms with E-state index in [0.29, 0.717) is 42.5 Å². The zero-order valence-electron chi connectivity index (χ0n) is 28.7. The van der Waals surface area contributed by atoms with Crippen molar-refractivity contribution in [1.82, 2.24) is 4.90 Å². The van der Waals surface area contributed by atoms with E-state index in [2.05, 4.69) is 18.2 Å². The van der Waals surface area contributed by atoms with Crippen molar-refractivity contribution in [3.05, 3.63) is 47.1 Å². The number of primary amides is 1. The topological polar surface area (TPSA) is 85.0 Å². The molecule has 2 N–H and O–H groups in total. The molecule has 2 amide bonds. The molecule has 0 aromatic rings. The molecule has 0 aromatic carbocycles. The van der Waals surface area contributed by atoms with Crippen molar-refractivity contribution in [2.45, 2.75) is 119 Å². The molecule has 1 aliphatic rings. The fourth-order valence-electron chi connectivity index (χ4n) is 5.82. The molecular formula is C35H56F3N3O3. The fraction of sp³-hybridized carbons (Fsp3) is 0.686. The summed E-state index contributed by atoms with van der Waals surface area (Å²) in [5.74, 6) is -1.07. The highest BCUT2D eigenvalue weighted by atomic mass is 19.4. The van der Waals surface area contributed by atoms with Crippen LogP contribution in [0.15, 0.2) is 52.1 Å². The number of nitrogens with zero attached hydrogens (tertiary/aromatic N) is 2. The Morgan fingerprint density at radius 1 is 1.09 bits per heavy atom. The number of carbonyl (C=O) groups excluding carboxylic acids is 2. The average molecular weight is 624 g/mol. The van der Waals surface area contributed by atoms with Gasteiger partial charge in [0.1, 0.15) is 5.60 Å². The van der Waals surface area contributed by atoms with Gasteiger partial charge in [0.05, 0.1) is 5.57 Å². The molecule has 6 nitrogen and oxygen atoms in total. The zero-order valence-corrected chi connectivity index (χ0v) is 28.7. The summed E-state index contributed by atoms with van der Waals surface area (Å²) >= 11 is 0. The van der Waals surface area contributed by atoms with Crippen LogP contribution in [-0.4, -0.2) is 54.0 Å². The Hall–Kier alpha value is -2.84. The molecule has 250 valence electrons. The lowest BCUT2D eigenvalue weighted by Crippen LogP contribution is -2.44. The first kappa shape index (κ1) is 39.2. The Balaban J connectivity index is 3.55. The highest BCUT2D eigenvalue weighted by molar-refractivity contribution is 6.03. The van der Waals surface area contributed by atoms with E-state index in [0.717, 1.165) is 12.8 Å². The summed E-state index contributed by atoms with van der Waals surface area (Å²) in [5.41, 5.74) is 5.92. The van der Waals surface area contributed by atoms with Gasteiger partial charge in [-0.05, 0) is 97.0 Å². The van der Waals surface area contributed by atoms with Gasteiger partial charge < -0.3 is 15.4 Å². The van der Waals surface area contributed by atoms with Gasteiger partial charge in [0.15, 0.2) is 0 Å². The number of alkyl halides is 3.